The second-order valence-corrected chi connectivity index (χ2v) is 4.23. The predicted octanol–water partition coefficient (Wildman–Crippen LogP) is 1.79. The summed E-state index contributed by atoms with van der Waals surface area (Å²) in [5.41, 5.74) is 1.91. The van der Waals surface area contributed by atoms with Crippen LogP contribution in [-0.2, 0) is 6.54 Å². The molecule has 1 amide bonds. The number of carbonyl (C=O) groups is 1. The smallest absolute Gasteiger partial charge is 0.272 e. The second-order valence-electron chi connectivity index (χ2n) is 4.23. The van der Waals surface area contributed by atoms with Gasteiger partial charge in [-0.05, 0) is 13.0 Å². The Labute approximate surface area is 108 Å². The van der Waals surface area contributed by atoms with Gasteiger partial charge in [0, 0.05) is 11.5 Å². The molecule has 1 aromatic carbocycles. The monoisotopic (exact) mass is 256 g/mol. The van der Waals surface area contributed by atoms with Gasteiger partial charge in [0.2, 0.25) is 0 Å². The number of hydrogen-bond donors (Lipinski definition) is 2. The summed E-state index contributed by atoms with van der Waals surface area (Å²) >= 11 is 0. The van der Waals surface area contributed by atoms with E-state index in [1.807, 2.05) is 24.3 Å². The molecule has 0 aliphatic rings. The topological polar surface area (TPSA) is 83.8 Å². The summed E-state index contributed by atoms with van der Waals surface area (Å²) in [6.45, 7) is 2.12. The van der Waals surface area contributed by atoms with Crippen molar-refractivity contribution in [2.75, 3.05) is 0 Å². The molecule has 0 fully saturated rings. The zero-order valence-corrected chi connectivity index (χ0v) is 10.3. The Balaban J connectivity index is 1.77. The van der Waals surface area contributed by atoms with E-state index in [0.29, 0.717) is 17.9 Å². The second kappa shape index (κ2) is 4.56. The molecule has 0 aliphatic heterocycles. The number of aromatic amines is 1. The fourth-order valence-corrected chi connectivity index (χ4v) is 1.89. The Morgan fingerprint density at radius 1 is 1.42 bits per heavy atom. The van der Waals surface area contributed by atoms with E-state index in [1.54, 1.807) is 13.0 Å². The van der Waals surface area contributed by atoms with Crippen molar-refractivity contribution in [2.24, 2.45) is 0 Å². The highest BCUT2D eigenvalue weighted by Gasteiger charge is 2.13. The number of hydrogen-bond acceptors (Lipinski definition) is 4. The number of aryl methyl sites for hydroxylation is 1. The molecule has 2 aromatic heterocycles. The molecule has 0 radical (unpaired) electrons. The van der Waals surface area contributed by atoms with Gasteiger partial charge >= 0.3 is 0 Å². The SMILES string of the molecule is Cc1cc(CNC(=O)c2n[nH]c3ccccc23)no1. The molecular weight excluding hydrogens is 244 g/mol. The summed E-state index contributed by atoms with van der Waals surface area (Å²) in [7, 11) is 0. The number of H-pyrrole nitrogens is 1. The van der Waals surface area contributed by atoms with Crippen LogP contribution >= 0.6 is 0 Å². The molecule has 0 saturated heterocycles. The van der Waals surface area contributed by atoms with Crippen molar-refractivity contribution < 1.29 is 9.32 Å². The lowest BCUT2D eigenvalue weighted by molar-refractivity contribution is 0.0946. The first kappa shape index (κ1) is 11.5. The lowest BCUT2D eigenvalue weighted by atomic mass is 10.2. The van der Waals surface area contributed by atoms with E-state index in [1.165, 1.54) is 0 Å². The van der Waals surface area contributed by atoms with Crippen molar-refractivity contribution >= 4 is 16.8 Å². The minimum Gasteiger partial charge on any atom is -0.361 e. The van der Waals surface area contributed by atoms with Crippen molar-refractivity contribution in [1.29, 1.82) is 0 Å². The fourth-order valence-electron chi connectivity index (χ4n) is 1.89. The van der Waals surface area contributed by atoms with E-state index in [2.05, 4.69) is 20.7 Å². The molecule has 0 bridgehead atoms. The van der Waals surface area contributed by atoms with Crippen LogP contribution < -0.4 is 5.32 Å². The summed E-state index contributed by atoms with van der Waals surface area (Å²) in [5, 5.41) is 14.2. The lowest BCUT2D eigenvalue weighted by Crippen LogP contribution is -2.23. The van der Waals surface area contributed by atoms with E-state index in [-0.39, 0.29) is 5.91 Å². The zero-order valence-electron chi connectivity index (χ0n) is 10.3. The zero-order chi connectivity index (χ0) is 13.2. The first-order valence-electron chi connectivity index (χ1n) is 5.87. The maximum atomic E-state index is 12.0. The Bertz CT molecular complexity index is 729. The highest BCUT2D eigenvalue weighted by Crippen LogP contribution is 2.14. The minimum absolute atomic E-state index is 0.238. The van der Waals surface area contributed by atoms with Crippen LogP contribution in [0, 0.1) is 6.92 Å². The van der Waals surface area contributed by atoms with E-state index in [4.69, 9.17) is 4.52 Å². The summed E-state index contributed by atoms with van der Waals surface area (Å²) in [4.78, 5) is 12.0. The number of benzene rings is 1. The number of amides is 1. The minimum atomic E-state index is -0.238. The highest BCUT2D eigenvalue weighted by atomic mass is 16.5. The molecule has 19 heavy (non-hydrogen) atoms. The van der Waals surface area contributed by atoms with Gasteiger partial charge in [-0.1, -0.05) is 23.4 Å². The molecule has 3 rings (SSSR count). The quantitative estimate of drug-likeness (QED) is 0.748. The first-order valence-corrected chi connectivity index (χ1v) is 5.87. The van der Waals surface area contributed by atoms with Crippen molar-refractivity contribution in [3.63, 3.8) is 0 Å². The molecule has 6 heteroatoms. The highest BCUT2D eigenvalue weighted by molar-refractivity contribution is 6.04. The van der Waals surface area contributed by atoms with Gasteiger partial charge in [0.25, 0.3) is 5.91 Å². The van der Waals surface area contributed by atoms with Gasteiger partial charge < -0.3 is 9.84 Å². The van der Waals surface area contributed by atoms with Gasteiger partial charge in [-0.2, -0.15) is 5.10 Å². The number of aromatic nitrogens is 3. The standard InChI is InChI=1S/C13H12N4O2/c1-8-6-9(17-19-8)7-14-13(18)12-10-4-2-3-5-11(10)15-16-12/h2-6H,7H2,1H3,(H,14,18)(H,15,16). The van der Waals surface area contributed by atoms with Crippen LogP contribution in [0.4, 0.5) is 0 Å². The van der Waals surface area contributed by atoms with Crippen LogP contribution in [0.5, 0.6) is 0 Å². The number of carbonyl (C=O) groups excluding carboxylic acids is 1. The predicted molar refractivity (Wildman–Crippen MR) is 68.5 cm³/mol. The van der Waals surface area contributed by atoms with Gasteiger partial charge in [0.05, 0.1) is 12.1 Å². The molecule has 2 heterocycles. The largest absolute Gasteiger partial charge is 0.361 e. The molecular formula is C13H12N4O2. The van der Waals surface area contributed by atoms with Crippen molar-refractivity contribution in [2.45, 2.75) is 13.5 Å². The normalized spacial score (nSPS) is 10.8. The Kier molecular flexibility index (Phi) is 2.75. The summed E-state index contributed by atoms with van der Waals surface area (Å²) in [6, 6.07) is 9.27. The van der Waals surface area contributed by atoms with Crippen LogP contribution in [-0.4, -0.2) is 21.3 Å². The van der Waals surface area contributed by atoms with Crippen LogP contribution in [0.15, 0.2) is 34.9 Å². The molecule has 2 N–H and O–H groups in total. The summed E-state index contributed by atoms with van der Waals surface area (Å²) < 4.78 is 4.93. The maximum Gasteiger partial charge on any atom is 0.272 e. The number of fused-ring (bicyclic) bond motifs is 1. The molecule has 0 spiro atoms. The van der Waals surface area contributed by atoms with E-state index in [9.17, 15) is 4.79 Å². The third kappa shape index (κ3) is 2.20. The van der Waals surface area contributed by atoms with Gasteiger partial charge in [0.15, 0.2) is 5.69 Å². The molecule has 0 unspecified atom stereocenters. The third-order valence-corrected chi connectivity index (χ3v) is 2.79. The number of para-hydroxylation sites is 1. The van der Waals surface area contributed by atoms with Crippen LogP contribution in [0.25, 0.3) is 10.9 Å². The van der Waals surface area contributed by atoms with Gasteiger partial charge in [0.1, 0.15) is 11.5 Å². The Morgan fingerprint density at radius 3 is 3.05 bits per heavy atom. The summed E-state index contributed by atoms with van der Waals surface area (Å²) in [5.74, 6) is 0.479. The van der Waals surface area contributed by atoms with Gasteiger partial charge in [-0.25, -0.2) is 0 Å². The molecule has 96 valence electrons. The lowest BCUT2D eigenvalue weighted by Gasteiger charge is -1.99. The van der Waals surface area contributed by atoms with E-state index in [0.717, 1.165) is 16.7 Å². The molecule has 0 saturated carbocycles. The van der Waals surface area contributed by atoms with Crippen molar-refractivity contribution in [3.8, 4) is 0 Å². The molecule has 3 aromatic rings. The van der Waals surface area contributed by atoms with Crippen LogP contribution in [0.1, 0.15) is 21.9 Å². The van der Waals surface area contributed by atoms with E-state index < -0.39 is 0 Å². The molecule has 0 aliphatic carbocycles. The molecule has 0 atom stereocenters. The first-order chi connectivity index (χ1) is 9.24. The number of nitrogens with one attached hydrogen (secondary N) is 2. The summed E-state index contributed by atoms with van der Waals surface area (Å²) in [6.07, 6.45) is 0. The number of nitrogens with zero attached hydrogens (tertiary/aromatic N) is 2. The van der Waals surface area contributed by atoms with Crippen molar-refractivity contribution in [3.05, 3.63) is 47.5 Å². The van der Waals surface area contributed by atoms with Crippen LogP contribution in [0.2, 0.25) is 0 Å². The van der Waals surface area contributed by atoms with Gasteiger partial charge in [-0.3, -0.25) is 9.89 Å². The molecule has 6 nitrogen and oxygen atoms in total. The van der Waals surface area contributed by atoms with Crippen LogP contribution in [0.3, 0.4) is 0 Å². The average molecular weight is 256 g/mol. The number of rotatable bonds is 3. The van der Waals surface area contributed by atoms with Gasteiger partial charge in [-0.15, -0.1) is 0 Å². The van der Waals surface area contributed by atoms with Crippen molar-refractivity contribution in [1.82, 2.24) is 20.7 Å². The third-order valence-electron chi connectivity index (χ3n) is 2.79. The maximum absolute atomic E-state index is 12.0. The average Bonchev–Trinajstić information content (AvgIpc) is 3.02. The van der Waals surface area contributed by atoms with E-state index >= 15 is 0 Å². The Hall–Kier alpha value is -2.63. The Morgan fingerprint density at radius 2 is 2.26 bits per heavy atom. The fraction of sp³-hybridized carbons (Fsp3) is 0.154.